The molecule has 0 radical (unpaired) electrons. The summed E-state index contributed by atoms with van der Waals surface area (Å²) in [5.74, 6) is -0.0232. The minimum absolute atomic E-state index is 0.0636. The molecule has 1 aromatic carbocycles. The number of amides is 1. The van der Waals surface area contributed by atoms with Crippen LogP contribution in [0.25, 0.3) is 0 Å². The van der Waals surface area contributed by atoms with Crippen LogP contribution in [0.4, 0.5) is 0 Å². The van der Waals surface area contributed by atoms with Crippen LogP contribution in [0.15, 0.2) is 24.3 Å². The van der Waals surface area contributed by atoms with Gasteiger partial charge in [0.1, 0.15) is 5.75 Å². The van der Waals surface area contributed by atoms with Crippen LogP contribution >= 0.6 is 22.6 Å². The van der Waals surface area contributed by atoms with E-state index in [4.69, 9.17) is 10.8 Å². The molecule has 0 aliphatic rings. The van der Waals surface area contributed by atoms with Crippen molar-refractivity contribution in [3.05, 3.63) is 29.8 Å². The lowest BCUT2D eigenvalue weighted by Crippen LogP contribution is -2.27. The van der Waals surface area contributed by atoms with Crippen molar-refractivity contribution in [1.29, 1.82) is 0 Å². The molecule has 2 unspecified atom stereocenters. The second-order valence-corrected chi connectivity index (χ2v) is 4.53. The number of hydrogen-bond acceptors (Lipinski definition) is 2. The molecular weight excluding hydrogens is 293 g/mol. The molecule has 2 atom stereocenters. The van der Waals surface area contributed by atoms with Gasteiger partial charge in [-0.25, -0.2) is 0 Å². The Balaban J connectivity index is 2.84. The van der Waals surface area contributed by atoms with Crippen LogP contribution < -0.4 is 5.73 Å². The van der Waals surface area contributed by atoms with Gasteiger partial charge >= 0.3 is 0 Å². The van der Waals surface area contributed by atoms with Crippen molar-refractivity contribution in [3.8, 4) is 5.75 Å². The zero-order chi connectivity index (χ0) is 10.7. The average Bonchev–Trinajstić information content (AvgIpc) is 2.16. The van der Waals surface area contributed by atoms with Crippen LogP contribution in [-0.4, -0.2) is 14.9 Å². The van der Waals surface area contributed by atoms with Gasteiger partial charge in [0.15, 0.2) is 0 Å². The summed E-state index contributed by atoms with van der Waals surface area (Å²) in [6.45, 7) is 1.94. The number of benzene rings is 1. The van der Waals surface area contributed by atoms with E-state index in [9.17, 15) is 4.79 Å². The number of phenols is 1. The zero-order valence-electron chi connectivity index (χ0n) is 7.77. The van der Waals surface area contributed by atoms with Crippen LogP contribution in [-0.2, 0) is 4.79 Å². The molecule has 0 saturated carbocycles. The Morgan fingerprint density at radius 2 is 1.93 bits per heavy atom. The first-order valence-electron chi connectivity index (χ1n) is 4.24. The van der Waals surface area contributed by atoms with Gasteiger partial charge in [0.05, 0.1) is 3.92 Å². The van der Waals surface area contributed by atoms with E-state index >= 15 is 0 Å². The summed E-state index contributed by atoms with van der Waals surface area (Å²) in [5.41, 5.74) is 6.21. The van der Waals surface area contributed by atoms with E-state index < -0.39 is 0 Å². The number of phenolic OH excluding ortho intramolecular Hbond substituents is 1. The fraction of sp³-hybridized carbons (Fsp3) is 0.300. The zero-order valence-corrected chi connectivity index (χ0v) is 9.93. The Bertz CT molecular complexity index is 323. The molecule has 0 bridgehead atoms. The second kappa shape index (κ2) is 4.63. The van der Waals surface area contributed by atoms with Crippen molar-refractivity contribution < 1.29 is 9.90 Å². The van der Waals surface area contributed by atoms with E-state index in [-0.39, 0.29) is 21.5 Å². The van der Waals surface area contributed by atoms with Crippen molar-refractivity contribution in [2.75, 3.05) is 0 Å². The van der Waals surface area contributed by atoms with Crippen molar-refractivity contribution in [3.63, 3.8) is 0 Å². The molecule has 14 heavy (non-hydrogen) atoms. The van der Waals surface area contributed by atoms with Crippen LogP contribution in [0.2, 0.25) is 0 Å². The third kappa shape index (κ3) is 2.60. The first kappa shape index (κ1) is 11.3. The van der Waals surface area contributed by atoms with Gasteiger partial charge in [0, 0.05) is 5.92 Å². The van der Waals surface area contributed by atoms with Crippen LogP contribution in [0, 0.1) is 0 Å². The molecule has 1 rings (SSSR count). The van der Waals surface area contributed by atoms with Gasteiger partial charge < -0.3 is 10.8 Å². The average molecular weight is 305 g/mol. The first-order valence-corrected chi connectivity index (χ1v) is 5.49. The lowest BCUT2D eigenvalue weighted by molar-refractivity contribution is -0.117. The highest BCUT2D eigenvalue weighted by molar-refractivity contribution is 14.1. The largest absolute Gasteiger partial charge is 0.508 e. The van der Waals surface area contributed by atoms with Gasteiger partial charge in [-0.05, 0) is 17.7 Å². The summed E-state index contributed by atoms with van der Waals surface area (Å²) in [7, 11) is 0. The van der Waals surface area contributed by atoms with Crippen LogP contribution in [0.1, 0.15) is 18.4 Å². The number of aromatic hydroxyl groups is 1. The lowest BCUT2D eigenvalue weighted by atomic mass is 9.97. The summed E-state index contributed by atoms with van der Waals surface area (Å²) in [6, 6.07) is 6.82. The Morgan fingerprint density at radius 1 is 1.43 bits per heavy atom. The molecule has 3 nitrogen and oxygen atoms in total. The maximum Gasteiger partial charge on any atom is 0.230 e. The molecule has 3 N–H and O–H groups in total. The number of carbonyl (C=O) groups excluding carboxylic acids is 1. The predicted octanol–water partition coefficient (Wildman–Crippen LogP) is 1.78. The minimum atomic E-state index is -0.314. The van der Waals surface area contributed by atoms with Crippen molar-refractivity contribution in [2.24, 2.45) is 5.73 Å². The molecule has 0 fully saturated rings. The minimum Gasteiger partial charge on any atom is -0.508 e. The van der Waals surface area contributed by atoms with Gasteiger partial charge in [0.25, 0.3) is 0 Å². The van der Waals surface area contributed by atoms with E-state index in [0.717, 1.165) is 5.56 Å². The van der Waals surface area contributed by atoms with Gasteiger partial charge in [-0.2, -0.15) is 0 Å². The maximum absolute atomic E-state index is 10.9. The topological polar surface area (TPSA) is 63.3 Å². The highest BCUT2D eigenvalue weighted by Crippen LogP contribution is 2.25. The van der Waals surface area contributed by atoms with E-state index in [0.29, 0.717) is 0 Å². The summed E-state index contributed by atoms with van der Waals surface area (Å²) >= 11 is 2.03. The predicted molar refractivity (Wildman–Crippen MR) is 63.5 cm³/mol. The van der Waals surface area contributed by atoms with Crippen molar-refractivity contribution in [1.82, 2.24) is 0 Å². The molecule has 0 spiro atoms. The number of halogens is 1. The molecule has 0 aromatic heterocycles. The second-order valence-electron chi connectivity index (χ2n) is 3.18. The van der Waals surface area contributed by atoms with Crippen molar-refractivity contribution >= 4 is 28.5 Å². The SMILES string of the molecule is CC(c1ccc(O)cc1)C(I)C(N)=O. The smallest absolute Gasteiger partial charge is 0.230 e. The van der Waals surface area contributed by atoms with E-state index in [1.807, 2.05) is 29.5 Å². The number of carbonyl (C=O) groups is 1. The van der Waals surface area contributed by atoms with E-state index in [1.54, 1.807) is 24.3 Å². The number of rotatable bonds is 3. The highest BCUT2D eigenvalue weighted by atomic mass is 127. The summed E-state index contributed by atoms with van der Waals surface area (Å²) in [4.78, 5) is 10.9. The molecule has 0 saturated heterocycles. The number of primary amides is 1. The Morgan fingerprint density at radius 3 is 2.36 bits per heavy atom. The number of nitrogens with two attached hydrogens (primary N) is 1. The summed E-state index contributed by atoms with van der Waals surface area (Å²) in [5, 5.41) is 9.09. The van der Waals surface area contributed by atoms with Gasteiger partial charge in [-0.3, -0.25) is 4.79 Å². The lowest BCUT2D eigenvalue weighted by Gasteiger charge is -2.15. The van der Waals surface area contributed by atoms with Gasteiger partial charge in [0.2, 0.25) is 5.91 Å². The monoisotopic (exact) mass is 305 g/mol. The quantitative estimate of drug-likeness (QED) is 0.660. The van der Waals surface area contributed by atoms with Crippen LogP contribution in [0.3, 0.4) is 0 Å². The summed E-state index contributed by atoms with van der Waals surface area (Å²) < 4.78 is -0.225. The van der Waals surface area contributed by atoms with Gasteiger partial charge in [-0.1, -0.05) is 41.6 Å². The molecule has 0 aliphatic carbocycles. The van der Waals surface area contributed by atoms with Crippen molar-refractivity contribution in [2.45, 2.75) is 16.8 Å². The molecule has 76 valence electrons. The molecule has 1 amide bonds. The third-order valence-corrected chi connectivity index (χ3v) is 3.82. The third-order valence-electron chi connectivity index (χ3n) is 2.13. The first-order chi connectivity index (χ1) is 6.52. The molecule has 4 heteroatoms. The maximum atomic E-state index is 10.9. The fourth-order valence-electron chi connectivity index (χ4n) is 1.19. The molecule has 0 aliphatic heterocycles. The number of alkyl halides is 1. The Hall–Kier alpha value is -0.780. The normalized spacial score (nSPS) is 14.7. The Kier molecular flexibility index (Phi) is 3.74. The standard InChI is InChI=1S/C10H12INO2/c1-6(9(11)10(12)14)7-2-4-8(13)5-3-7/h2-6,9,13H,1H3,(H2,12,14). The molecule has 0 heterocycles. The van der Waals surface area contributed by atoms with E-state index in [1.165, 1.54) is 0 Å². The van der Waals surface area contributed by atoms with Gasteiger partial charge in [-0.15, -0.1) is 0 Å². The fourth-order valence-corrected chi connectivity index (χ4v) is 1.61. The molecule has 1 aromatic rings. The number of hydrogen-bond donors (Lipinski definition) is 2. The van der Waals surface area contributed by atoms with Crippen LogP contribution in [0.5, 0.6) is 5.75 Å². The molecular formula is C10H12INO2. The highest BCUT2D eigenvalue weighted by Gasteiger charge is 2.20. The summed E-state index contributed by atoms with van der Waals surface area (Å²) in [6.07, 6.45) is 0. The van der Waals surface area contributed by atoms with E-state index in [2.05, 4.69) is 0 Å². The Labute approximate surface area is 96.4 Å².